The van der Waals surface area contributed by atoms with Gasteiger partial charge in [-0.2, -0.15) is 0 Å². The maximum Gasteiger partial charge on any atom is 0.0411 e. The molecule has 0 saturated carbocycles. The molecule has 0 atom stereocenters. The number of hydrogen-bond donors (Lipinski definition) is 1. The molecule has 0 fully saturated rings. The Morgan fingerprint density at radius 3 is 2.50 bits per heavy atom. The maximum atomic E-state index is 5.92. The van der Waals surface area contributed by atoms with E-state index in [-0.39, 0.29) is 0 Å². The molecule has 66 valence electrons. The molecular formula is C10H14ClN. The van der Waals surface area contributed by atoms with Gasteiger partial charge in [0.05, 0.1) is 0 Å². The second-order valence-corrected chi connectivity index (χ2v) is 3.30. The molecular weight excluding hydrogens is 170 g/mol. The Hall–Kier alpha value is -0.530. The van der Waals surface area contributed by atoms with E-state index in [1.165, 1.54) is 11.1 Å². The van der Waals surface area contributed by atoms with Gasteiger partial charge in [0.2, 0.25) is 0 Å². The van der Waals surface area contributed by atoms with Crippen LogP contribution in [-0.4, -0.2) is 6.54 Å². The van der Waals surface area contributed by atoms with E-state index in [1.807, 2.05) is 12.1 Å². The first-order chi connectivity index (χ1) is 5.76. The number of aryl methyl sites for hydroxylation is 1. The quantitative estimate of drug-likeness (QED) is 0.766. The average molecular weight is 184 g/mol. The van der Waals surface area contributed by atoms with Crippen molar-refractivity contribution in [3.8, 4) is 0 Å². The third kappa shape index (κ3) is 2.50. The van der Waals surface area contributed by atoms with Gasteiger partial charge in [-0.05, 0) is 42.6 Å². The SMILES string of the molecule is CCc1cc(Cl)cc(CCN)c1. The summed E-state index contributed by atoms with van der Waals surface area (Å²) in [6, 6.07) is 6.15. The highest BCUT2D eigenvalue weighted by atomic mass is 35.5. The largest absolute Gasteiger partial charge is 0.330 e. The molecule has 1 aromatic rings. The lowest BCUT2D eigenvalue weighted by Gasteiger charge is -2.03. The molecule has 0 amide bonds. The molecule has 0 saturated heterocycles. The summed E-state index contributed by atoms with van der Waals surface area (Å²) in [6.07, 6.45) is 1.94. The summed E-state index contributed by atoms with van der Waals surface area (Å²) in [5, 5.41) is 0.817. The van der Waals surface area contributed by atoms with Crippen molar-refractivity contribution < 1.29 is 0 Å². The fourth-order valence-corrected chi connectivity index (χ4v) is 1.51. The van der Waals surface area contributed by atoms with Crippen molar-refractivity contribution >= 4 is 11.6 Å². The lowest BCUT2D eigenvalue weighted by atomic mass is 10.1. The molecule has 12 heavy (non-hydrogen) atoms. The Morgan fingerprint density at radius 2 is 1.92 bits per heavy atom. The fourth-order valence-electron chi connectivity index (χ4n) is 1.23. The molecule has 1 nitrogen and oxygen atoms in total. The first kappa shape index (κ1) is 9.56. The van der Waals surface area contributed by atoms with Gasteiger partial charge in [0.15, 0.2) is 0 Å². The summed E-state index contributed by atoms with van der Waals surface area (Å²) in [7, 11) is 0. The molecule has 0 aliphatic heterocycles. The minimum atomic E-state index is 0.684. The Balaban J connectivity index is 2.90. The van der Waals surface area contributed by atoms with Crippen LogP contribution in [0.15, 0.2) is 18.2 Å². The summed E-state index contributed by atoms with van der Waals surface area (Å²) in [6.45, 7) is 2.81. The van der Waals surface area contributed by atoms with Crippen LogP contribution in [0.2, 0.25) is 5.02 Å². The third-order valence-electron chi connectivity index (χ3n) is 1.86. The highest BCUT2D eigenvalue weighted by molar-refractivity contribution is 6.30. The molecule has 0 unspecified atom stereocenters. The normalized spacial score (nSPS) is 10.2. The molecule has 0 aliphatic rings. The van der Waals surface area contributed by atoms with Crippen LogP contribution >= 0.6 is 11.6 Å². The highest BCUT2D eigenvalue weighted by Gasteiger charge is 1.97. The molecule has 2 N–H and O–H groups in total. The summed E-state index contributed by atoms with van der Waals surface area (Å²) in [5.74, 6) is 0. The molecule has 0 bridgehead atoms. The van der Waals surface area contributed by atoms with Gasteiger partial charge in [0.1, 0.15) is 0 Å². The van der Waals surface area contributed by atoms with Crippen molar-refractivity contribution in [3.63, 3.8) is 0 Å². The summed E-state index contributed by atoms with van der Waals surface area (Å²) in [5.41, 5.74) is 7.98. The molecule has 0 radical (unpaired) electrons. The molecule has 1 rings (SSSR count). The van der Waals surface area contributed by atoms with Crippen molar-refractivity contribution in [2.24, 2.45) is 5.73 Å². The Kier molecular flexibility index (Phi) is 3.57. The van der Waals surface area contributed by atoms with Gasteiger partial charge >= 0.3 is 0 Å². The van der Waals surface area contributed by atoms with Crippen molar-refractivity contribution in [3.05, 3.63) is 34.3 Å². The van der Waals surface area contributed by atoms with Crippen LogP contribution in [0, 0.1) is 0 Å². The van der Waals surface area contributed by atoms with E-state index in [0.29, 0.717) is 6.54 Å². The Bertz CT molecular complexity index is 258. The number of benzene rings is 1. The monoisotopic (exact) mass is 183 g/mol. The molecule has 1 aromatic carbocycles. The van der Waals surface area contributed by atoms with Crippen molar-refractivity contribution in [1.29, 1.82) is 0 Å². The topological polar surface area (TPSA) is 26.0 Å². The molecule has 0 aromatic heterocycles. The average Bonchev–Trinajstić information content (AvgIpc) is 2.04. The predicted octanol–water partition coefficient (Wildman–Crippen LogP) is 2.40. The van der Waals surface area contributed by atoms with Gasteiger partial charge in [0.25, 0.3) is 0 Å². The summed E-state index contributed by atoms with van der Waals surface area (Å²) < 4.78 is 0. The van der Waals surface area contributed by atoms with Crippen molar-refractivity contribution in [2.45, 2.75) is 19.8 Å². The number of hydrogen-bond acceptors (Lipinski definition) is 1. The highest BCUT2D eigenvalue weighted by Crippen LogP contribution is 2.15. The first-order valence-electron chi connectivity index (χ1n) is 4.24. The lowest BCUT2D eigenvalue weighted by Crippen LogP contribution is -2.02. The standard InChI is InChI=1S/C10H14ClN/c1-2-8-5-9(3-4-12)7-10(11)6-8/h5-7H,2-4,12H2,1H3. The Morgan fingerprint density at radius 1 is 1.25 bits per heavy atom. The van der Waals surface area contributed by atoms with E-state index in [1.54, 1.807) is 0 Å². The number of halogens is 1. The fraction of sp³-hybridized carbons (Fsp3) is 0.400. The van der Waals surface area contributed by atoms with Crippen LogP contribution in [0.1, 0.15) is 18.1 Å². The van der Waals surface area contributed by atoms with Gasteiger partial charge in [-0.3, -0.25) is 0 Å². The van der Waals surface area contributed by atoms with Gasteiger partial charge in [-0.1, -0.05) is 24.6 Å². The molecule has 0 heterocycles. The first-order valence-corrected chi connectivity index (χ1v) is 4.62. The van der Waals surface area contributed by atoms with E-state index in [9.17, 15) is 0 Å². The van der Waals surface area contributed by atoms with Crippen LogP contribution in [-0.2, 0) is 12.8 Å². The van der Waals surface area contributed by atoms with E-state index in [0.717, 1.165) is 17.9 Å². The van der Waals surface area contributed by atoms with Crippen LogP contribution in [0.25, 0.3) is 0 Å². The summed E-state index contributed by atoms with van der Waals surface area (Å²) >= 11 is 5.92. The minimum absolute atomic E-state index is 0.684. The summed E-state index contributed by atoms with van der Waals surface area (Å²) in [4.78, 5) is 0. The van der Waals surface area contributed by atoms with Gasteiger partial charge in [-0.15, -0.1) is 0 Å². The smallest absolute Gasteiger partial charge is 0.0411 e. The number of nitrogens with two attached hydrogens (primary N) is 1. The van der Waals surface area contributed by atoms with Gasteiger partial charge in [0, 0.05) is 5.02 Å². The van der Waals surface area contributed by atoms with Crippen molar-refractivity contribution in [1.82, 2.24) is 0 Å². The molecule has 0 spiro atoms. The zero-order valence-electron chi connectivity index (χ0n) is 7.31. The van der Waals surface area contributed by atoms with Crippen LogP contribution in [0.4, 0.5) is 0 Å². The van der Waals surface area contributed by atoms with Crippen LogP contribution < -0.4 is 5.73 Å². The second-order valence-electron chi connectivity index (χ2n) is 2.86. The molecule has 0 aliphatic carbocycles. The van der Waals surface area contributed by atoms with E-state index in [2.05, 4.69) is 13.0 Å². The van der Waals surface area contributed by atoms with Crippen LogP contribution in [0.5, 0.6) is 0 Å². The Labute approximate surface area is 78.5 Å². The lowest BCUT2D eigenvalue weighted by molar-refractivity contribution is 0.962. The zero-order chi connectivity index (χ0) is 8.97. The van der Waals surface area contributed by atoms with Gasteiger partial charge < -0.3 is 5.73 Å². The van der Waals surface area contributed by atoms with Gasteiger partial charge in [-0.25, -0.2) is 0 Å². The number of rotatable bonds is 3. The van der Waals surface area contributed by atoms with E-state index >= 15 is 0 Å². The predicted molar refractivity (Wildman–Crippen MR) is 53.6 cm³/mol. The maximum absolute atomic E-state index is 5.92. The van der Waals surface area contributed by atoms with E-state index < -0.39 is 0 Å². The van der Waals surface area contributed by atoms with E-state index in [4.69, 9.17) is 17.3 Å². The second kappa shape index (κ2) is 4.48. The molecule has 2 heteroatoms. The third-order valence-corrected chi connectivity index (χ3v) is 2.08. The van der Waals surface area contributed by atoms with Crippen molar-refractivity contribution in [2.75, 3.05) is 6.54 Å². The van der Waals surface area contributed by atoms with Crippen LogP contribution in [0.3, 0.4) is 0 Å². The zero-order valence-corrected chi connectivity index (χ0v) is 8.06. The minimum Gasteiger partial charge on any atom is -0.330 e.